The molecule has 2 aliphatic rings. The number of piperidine rings is 2. The van der Waals surface area contributed by atoms with Crippen molar-refractivity contribution < 1.29 is 19.0 Å². The van der Waals surface area contributed by atoms with Gasteiger partial charge in [0.2, 0.25) is 5.91 Å². The number of ether oxygens (including phenoxy) is 1. The lowest BCUT2D eigenvalue weighted by molar-refractivity contribution is -0.130. The summed E-state index contributed by atoms with van der Waals surface area (Å²) < 4.78 is 18.6. The van der Waals surface area contributed by atoms with Crippen molar-refractivity contribution in [1.29, 1.82) is 0 Å². The Morgan fingerprint density at radius 1 is 1.20 bits per heavy atom. The van der Waals surface area contributed by atoms with Gasteiger partial charge in [0.25, 0.3) is 0 Å². The Morgan fingerprint density at radius 2 is 1.80 bits per heavy atom. The number of hydrogen-bond donors (Lipinski definition) is 1. The fourth-order valence-electron chi connectivity index (χ4n) is 3.74. The molecule has 0 spiro atoms. The van der Waals surface area contributed by atoms with E-state index in [1.54, 1.807) is 19.1 Å². The predicted octanol–water partition coefficient (Wildman–Crippen LogP) is 2.04. The van der Waals surface area contributed by atoms with Gasteiger partial charge < -0.3 is 19.6 Å². The van der Waals surface area contributed by atoms with Crippen LogP contribution in [-0.4, -0.2) is 65.2 Å². The Kier molecular flexibility index (Phi) is 5.59. The first-order valence-corrected chi connectivity index (χ1v) is 9.05. The SMILES string of the molecule is CC(=O)N1CCC(N2CCC(O)(COc3ccc(F)cc3)CC2)CC1. The third-order valence-corrected chi connectivity index (χ3v) is 5.48. The van der Waals surface area contributed by atoms with Crippen LogP contribution in [-0.2, 0) is 4.79 Å². The van der Waals surface area contributed by atoms with Crippen LogP contribution in [0.5, 0.6) is 5.75 Å². The average molecular weight is 350 g/mol. The molecule has 25 heavy (non-hydrogen) atoms. The number of benzene rings is 1. The molecule has 2 fully saturated rings. The Hall–Kier alpha value is -1.66. The number of rotatable bonds is 4. The first-order valence-electron chi connectivity index (χ1n) is 9.05. The predicted molar refractivity (Wildman–Crippen MR) is 92.9 cm³/mol. The van der Waals surface area contributed by atoms with Crippen molar-refractivity contribution in [3.05, 3.63) is 30.1 Å². The number of amides is 1. The van der Waals surface area contributed by atoms with Gasteiger partial charge in [0.15, 0.2) is 0 Å². The molecule has 3 rings (SSSR count). The second-order valence-electron chi connectivity index (χ2n) is 7.24. The van der Waals surface area contributed by atoms with E-state index in [4.69, 9.17) is 4.74 Å². The Balaban J connectivity index is 1.44. The van der Waals surface area contributed by atoms with Gasteiger partial charge >= 0.3 is 0 Å². The second kappa shape index (κ2) is 7.70. The smallest absolute Gasteiger partial charge is 0.219 e. The molecule has 0 saturated carbocycles. The van der Waals surface area contributed by atoms with Crippen LogP contribution in [0.2, 0.25) is 0 Å². The molecule has 0 unspecified atom stereocenters. The van der Waals surface area contributed by atoms with Crippen LogP contribution in [0, 0.1) is 5.82 Å². The van der Waals surface area contributed by atoms with Crippen molar-refractivity contribution >= 4 is 5.91 Å². The molecule has 0 aliphatic carbocycles. The maximum Gasteiger partial charge on any atom is 0.219 e. The van der Waals surface area contributed by atoms with Crippen molar-refractivity contribution in [2.75, 3.05) is 32.8 Å². The van der Waals surface area contributed by atoms with Crippen LogP contribution in [0.4, 0.5) is 4.39 Å². The summed E-state index contributed by atoms with van der Waals surface area (Å²) in [5.41, 5.74) is -0.828. The maximum atomic E-state index is 12.9. The summed E-state index contributed by atoms with van der Waals surface area (Å²) in [4.78, 5) is 15.8. The van der Waals surface area contributed by atoms with Gasteiger partial charge in [-0.05, 0) is 49.9 Å². The molecule has 0 atom stereocenters. The molecular formula is C19H27FN2O3. The van der Waals surface area contributed by atoms with Crippen LogP contribution in [0.15, 0.2) is 24.3 Å². The Labute approximate surface area is 148 Å². The fourth-order valence-corrected chi connectivity index (χ4v) is 3.74. The minimum atomic E-state index is -0.828. The van der Waals surface area contributed by atoms with Gasteiger partial charge in [-0.2, -0.15) is 0 Å². The van der Waals surface area contributed by atoms with Crippen molar-refractivity contribution in [3.8, 4) is 5.75 Å². The van der Waals surface area contributed by atoms with E-state index in [0.29, 0.717) is 24.6 Å². The van der Waals surface area contributed by atoms with E-state index >= 15 is 0 Å². The normalized spacial score (nSPS) is 22.0. The lowest BCUT2D eigenvalue weighted by atomic mass is 9.90. The van der Waals surface area contributed by atoms with Gasteiger partial charge in [-0.15, -0.1) is 0 Å². The topological polar surface area (TPSA) is 53.0 Å². The summed E-state index contributed by atoms with van der Waals surface area (Å²) in [6, 6.07) is 6.37. The average Bonchev–Trinajstić information content (AvgIpc) is 2.62. The molecule has 2 saturated heterocycles. The summed E-state index contributed by atoms with van der Waals surface area (Å²) in [5.74, 6) is 0.438. The van der Waals surface area contributed by atoms with E-state index in [0.717, 1.165) is 39.0 Å². The van der Waals surface area contributed by atoms with Gasteiger partial charge in [0, 0.05) is 39.1 Å². The van der Waals surface area contributed by atoms with E-state index in [1.807, 2.05) is 4.90 Å². The molecule has 1 aromatic rings. The number of carbonyl (C=O) groups excluding carboxylic acids is 1. The first-order chi connectivity index (χ1) is 12.0. The minimum Gasteiger partial charge on any atom is -0.491 e. The monoisotopic (exact) mass is 350 g/mol. The third kappa shape index (κ3) is 4.70. The second-order valence-corrected chi connectivity index (χ2v) is 7.24. The number of halogens is 1. The molecule has 5 nitrogen and oxygen atoms in total. The molecule has 2 heterocycles. The van der Waals surface area contributed by atoms with Crippen LogP contribution in [0.1, 0.15) is 32.6 Å². The Bertz CT molecular complexity index is 577. The number of hydrogen-bond acceptors (Lipinski definition) is 4. The number of likely N-dealkylation sites (tertiary alicyclic amines) is 2. The number of carbonyl (C=O) groups is 1. The molecule has 1 aromatic carbocycles. The lowest BCUT2D eigenvalue weighted by Crippen LogP contribution is -2.53. The van der Waals surface area contributed by atoms with E-state index in [2.05, 4.69) is 4.90 Å². The van der Waals surface area contributed by atoms with Crippen LogP contribution < -0.4 is 4.74 Å². The van der Waals surface area contributed by atoms with E-state index in [-0.39, 0.29) is 18.3 Å². The summed E-state index contributed by atoms with van der Waals surface area (Å²) in [6.45, 7) is 5.20. The molecule has 1 N–H and O–H groups in total. The third-order valence-electron chi connectivity index (χ3n) is 5.48. The van der Waals surface area contributed by atoms with Crippen LogP contribution in [0.25, 0.3) is 0 Å². The zero-order valence-electron chi connectivity index (χ0n) is 14.8. The zero-order chi connectivity index (χ0) is 17.9. The van der Waals surface area contributed by atoms with E-state index in [1.165, 1.54) is 12.1 Å². The summed E-state index contributed by atoms with van der Waals surface area (Å²) >= 11 is 0. The lowest BCUT2D eigenvalue weighted by Gasteiger charge is -2.44. The van der Waals surface area contributed by atoms with E-state index in [9.17, 15) is 14.3 Å². The van der Waals surface area contributed by atoms with E-state index < -0.39 is 5.60 Å². The first kappa shape index (κ1) is 18.1. The summed E-state index contributed by atoms with van der Waals surface area (Å²) in [6.07, 6.45) is 3.34. The highest BCUT2D eigenvalue weighted by Crippen LogP contribution is 2.27. The van der Waals surface area contributed by atoms with Crippen molar-refractivity contribution in [1.82, 2.24) is 9.80 Å². The largest absolute Gasteiger partial charge is 0.491 e. The van der Waals surface area contributed by atoms with Gasteiger partial charge in [-0.3, -0.25) is 4.79 Å². The standard InChI is InChI=1S/C19H27FN2O3/c1-15(23)21-10-6-17(7-11-21)22-12-8-19(24,9-13-22)14-25-18-4-2-16(20)3-5-18/h2-5,17,24H,6-14H2,1H3. The molecule has 0 bridgehead atoms. The van der Waals surface area contributed by atoms with Gasteiger partial charge in [-0.25, -0.2) is 4.39 Å². The molecular weight excluding hydrogens is 323 g/mol. The molecule has 0 aromatic heterocycles. The highest BCUT2D eigenvalue weighted by Gasteiger charge is 2.36. The molecule has 0 radical (unpaired) electrons. The van der Waals surface area contributed by atoms with Gasteiger partial charge in [0.1, 0.15) is 23.8 Å². The van der Waals surface area contributed by atoms with Gasteiger partial charge in [0.05, 0.1) is 0 Å². The molecule has 1 amide bonds. The van der Waals surface area contributed by atoms with Gasteiger partial charge in [-0.1, -0.05) is 0 Å². The molecule has 2 aliphatic heterocycles. The summed E-state index contributed by atoms with van der Waals surface area (Å²) in [7, 11) is 0. The minimum absolute atomic E-state index is 0.157. The number of aliphatic hydroxyl groups is 1. The Morgan fingerprint density at radius 3 is 2.36 bits per heavy atom. The molecule has 6 heteroatoms. The summed E-state index contributed by atoms with van der Waals surface area (Å²) in [5, 5.41) is 10.7. The highest BCUT2D eigenvalue weighted by atomic mass is 19.1. The molecule has 138 valence electrons. The quantitative estimate of drug-likeness (QED) is 0.903. The number of nitrogens with zero attached hydrogens (tertiary/aromatic N) is 2. The highest BCUT2D eigenvalue weighted by molar-refractivity contribution is 5.73. The van der Waals surface area contributed by atoms with Crippen LogP contribution >= 0.6 is 0 Å². The fraction of sp³-hybridized carbons (Fsp3) is 0.632. The van der Waals surface area contributed by atoms with Crippen molar-refractivity contribution in [2.24, 2.45) is 0 Å². The zero-order valence-corrected chi connectivity index (χ0v) is 14.8. The van der Waals surface area contributed by atoms with Crippen molar-refractivity contribution in [2.45, 2.75) is 44.2 Å². The van der Waals surface area contributed by atoms with Crippen molar-refractivity contribution in [3.63, 3.8) is 0 Å². The van der Waals surface area contributed by atoms with Crippen LogP contribution in [0.3, 0.4) is 0 Å². The maximum absolute atomic E-state index is 12.9.